The normalized spacial score (nSPS) is 14.6. The minimum atomic E-state index is -0.315. The predicted octanol–water partition coefficient (Wildman–Crippen LogP) is 7.55. The lowest BCUT2D eigenvalue weighted by Gasteiger charge is -2.13. The second kappa shape index (κ2) is 12.0. The number of amides is 2. The lowest BCUT2D eigenvalue weighted by Crippen LogP contribution is -2.32. The van der Waals surface area contributed by atoms with Crippen LogP contribution in [-0.2, 0) is 11.4 Å². The number of hydrogen-bond acceptors (Lipinski definition) is 5. The monoisotopic (exact) mass is 731 g/mol. The van der Waals surface area contributed by atoms with Gasteiger partial charge in [-0.15, -0.1) is 0 Å². The van der Waals surface area contributed by atoms with E-state index in [-0.39, 0.29) is 24.3 Å². The van der Waals surface area contributed by atoms with Gasteiger partial charge in [-0.1, -0.05) is 41.4 Å². The molecule has 1 heterocycles. The SMILES string of the molecule is Cc1cccc(COc2c(I)cc(/C=C3\SC(=O)N(CCOc4ccc(Cl)cc4)C3=O)cc2I)c1. The number of aryl methyl sites for hydroxylation is 1. The van der Waals surface area contributed by atoms with Crippen molar-refractivity contribution in [2.45, 2.75) is 13.5 Å². The lowest BCUT2D eigenvalue weighted by molar-refractivity contribution is -0.123. The molecule has 3 aromatic rings. The van der Waals surface area contributed by atoms with Crippen molar-refractivity contribution in [2.24, 2.45) is 0 Å². The van der Waals surface area contributed by atoms with Crippen LogP contribution in [0.25, 0.3) is 6.08 Å². The molecule has 180 valence electrons. The van der Waals surface area contributed by atoms with Gasteiger partial charge in [0.05, 0.1) is 18.6 Å². The van der Waals surface area contributed by atoms with Crippen molar-refractivity contribution in [3.63, 3.8) is 0 Å². The molecule has 3 aromatic carbocycles. The van der Waals surface area contributed by atoms with Crippen LogP contribution in [0.15, 0.2) is 65.6 Å². The summed E-state index contributed by atoms with van der Waals surface area (Å²) >= 11 is 11.3. The fourth-order valence-electron chi connectivity index (χ4n) is 3.39. The van der Waals surface area contributed by atoms with Gasteiger partial charge in [-0.2, -0.15) is 0 Å². The maximum absolute atomic E-state index is 12.8. The highest BCUT2D eigenvalue weighted by molar-refractivity contribution is 14.1. The van der Waals surface area contributed by atoms with Crippen LogP contribution in [-0.4, -0.2) is 29.2 Å². The summed E-state index contributed by atoms with van der Waals surface area (Å²) in [7, 11) is 0. The number of imide groups is 1. The Morgan fingerprint density at radius 3 is 2.40 bits per heavy atom. The van der Waals surface area contributed by atoms with E-state index in [2.05, 4.69) is 64.2 Å². The van der Waals surface area contributed by atoms with Gasteiger partial charge in [-0.25, -0.2) is 0 Å². The van der Waals surface area contributed by atoms with Gasteiger partial charge < -0.3 is 9.47 Å². The number of hydrogen-bond donors (Lipinski definition) is 0. The molecule has 0 radical (unpaired) electrons. The molecule has 35 heavy (non-hydrogen) atoms. The second-order valence-electron chi connectivity index (χ2n) is 7.73. The third kappa shape index (κ3) is 6.93. The van der Waals surface area contributed by atoms with Gasteiger partial charge in [-0.3, -0.25) is 14.5 Å². The summed E-state index contributed by atoms with van der Waals surface area (Å²) in [6.07, 6.45) is 1.75. The molecule has 0 atom stereocenters. The first-order valence-electron chi connectivity index (χ1n) is 10.6. The summed E-state index contributed by atoms with van der Waals surface area (Å²) < 4.78 is 13.6. The molecule has 0 saturated carbocycles. The van der Waals surface area contributed by atoms with Crippen LogP contribution in [0.3, 0.4) is 0 Å². The lowest BCUT2D eigenvalue weighted by atomic mass is 10.1. The van der Waals surface area contributed by atoms with E-state index in [9.17, 15) is 9.59 Å². The topological polar surface area (TPSA) is 55.8 Å². The number of carbonyl (C=O) groups is 2. The van der Waals surface area contributed by atoms with Crippen LogP contribution in [0.5, 0.6) is 11.5 Å². The second-order valence-corrected chi connectivity index (χ2v) is 11.5. The standard InChI is InChI=1S/C26H20ClI2NO4S/c1-16-3-2-4-17(11-16)15-34-24-21(28)12-18(13-22(24)29)14-23-25(31)30(26(32)35-23)9-10-33-20-7-5-19(27)6-8-20/h2-8,11-14H,9-10,15H2,1H3/b23-14-. The Labute approximate surface area is 240 Å². The Hall–Kier alpha value is -1.76. The van der Waals surface area contributed by atoms with Crippen LogP contribution in [0.1, 0.15) is 16.7 Å². The number of thioether (sulfide) groups is 1. The third-order valence-corrected chi connectivity index (χ3v) is 7.82. The number of nitrogens with zero attached hydrogens (tertiary/aromatic N) is 1. The zero-order valence-corrected chi connectivity index (χ0v) is 24.5. The number of rotatable bonds is 8. The van der Waals surface area contributed by atoms with Crippen molar-refractivity contribution in [3.05, 3.63) is 94.4 Å². The van der Waals surface area contributed by atoms with Crippen molar-refractivity contribution in [1.29, 1.82) is 0 Å². The largest absolute Gasteiger partial charge is 0.492 e. The molecule has 4 rings (SSSR count). The fraction of sp³-hybridized carbons (Fsp3) is 0.154. The molecule has 1 aliphatic rings. The summed E-state index contributed by atoms with van der Waals surface area (Å²) in [6, 6.07) is 19.0. The average molecular weight is 732 g/mol. The first-order valence-corrected chi connectivity index (χ1v) is 14.0. The van der Waals surface area contributed by atoms with E-state index in [1.165, 1.54) is 10.5 Å². The van der Waals surface area contributed by atoms with Gasteiger partial charge >= 0.3 is 0 Å². The van der Waals surface area contributed by atoms with Gasteiger partial charge in [0.15, 0.2) is 0 Å². The highest BCUT2D eigenvalue weighted by Crippen LogP contribution is 2.35. The molecule has 1 saturated heterocycles. The van der Waals surface area contributed by atoms with Gasteiger partial charge in [-0.05, 0) is 117 Å². The maximum Gasteiger partial charge on any atom is 0.293 e. The minimum Gasteiger partial charge on any atom is -0.492 e. The number of ether oxygens (including phenoxy) is 2. The molecule has 0 unspecified atom stereocenters. The summed E-state index contributed by atoms with van der Waals surface area (Å²) in [5, 5.41) is 0.312. The molecular formula is C26H20ClI2NO4S. The van der Waals surface area contributed by atoms with Gasteiger partial charge in [0.25, 0.3) is 11.1 Å². The van der Waals surface area contributed by atoms with Crippen LogP contribution >= 0.6 is 68.5 Å². The van der Waals surface area contributed by atoms with Gasteiger partial charge in [0.2, 0.25) is 0 Å². The molecule has 0 aromatic heterocycles. The zero-order chi connectivity index (χ0) is 24.9. The molecule has 1 aliphatic heterocycles. The van der Waals surface area contributed by atoms with Crippen LogP contribution in [0.2, 0.25) is 5.02 Å². The average Bonchev–Trinajstić information content (AvgIpc) is 3.07. The molecule has 0 spiro atoms. The molecule has 2 amide bonds. The first-order chi connectivity index (χ1) is 16.8. The molecular weight excluding hydrogens is 712 g/mol. The summed E-state index contributed by atoms with van der Waals surface area (Å²) in [6.45, 7) is 2.91. The van der Waals surface area contributed by atoms with E-state index in [1.54, 1.807) is 30.3 Å². The van der Waals surface area contributed by atoms with E-state index in [0.717, 1.165) is 35.8 Å². The zero-order valence-electron chi connectivity index (χ0n) is 18.6. The molecule has 0 aliphatic carbocycles. The minimum absolute atomic E-state index is 0.172. The van der Waals surface area contributed by atoms with Crippen molar-refractivity contribution < 1.29 is 19.1 Å². The van der Waals surface area contributed by atoms with Crippen molar-refractivity contribution in [2.75, 3.05) is 13.2 Å². The number of carbonyl (C=O) groups excluding carboxylic acids is 2. The Morgan fingerprint density at radius 2 is 1.71 bits per heavy atom. The quantitative estimate of drug-likeness (QED) is 0.177. The molecule has 9 heteroatoms. The van der Waals surface area contributed by atoms with E-state index < -0.39 is 0 Å². The fourth-order valence-corrected chi connectivity index (χ4v) is 6.51. The van der Waals surface area contributed by atoms with Crippen molar-refractivity contribution >= 4 is 85.8 Å². The Morgan fingerprint density at radius 1 is 1.00 bits per heavy atom. The Balaban J connectivity index is 1.40. The predicted molar refractivity (Wildman–Crippen MR) is 157 cm³/mol. The highest BCUT2D eigenvalue weighted by atomic mass is 127. The highest BCUT2D eigenvalue weighted by Gasteiger charge is 2.34. The maximum atomic E-state index is 12.8. The van der Waals surface area contributed by atoms with Crippen LogP contribution < -0.4 is 9.47 Å². The van der Waals surface area contributed by atoms with E-state index >= 15 is 0 Å². The van der Waals surface area contributed by atoms with Crippen molar-refractivity contribution in [1.82, 2.24) is 4.90 Å². The summed E-state index contributed by atoms with van der Waals surface area (Å²) in [5.41, 5.74) is 3.13. The number of benzene rings is 3. The smallest absolute Gasteiger partial charge is 0.293 e. The first kappa shape index (κ1) is 26.3. The van der Waals surface area contributed by atoms with Gasteiger partial charge in [0.1, 0.15) is 24.7 Å². The van der Waals surface area contributed by atoms with E-state index in [1.807, 2.05) is 24.3 Å². The van der Waals surface area contributed by atoms with Crippen molar-refractivity contribution in [3.8, 4) is 11.5 Å². The van der Waals surface area contributed by atoms with Crippen LogP contribution in [0.4, 0.5) is 4.79 Å². The molecule has 0 bridgehead atoms. The summed E-state index contributed by atoms with van der Waals surface area (Å²) in [4.78, 5) is 26.9. The molecule has 5 nitrogen and oxygen atoms in total. The summed E-state index contributed by atoms with van der Waals surface area (Å²) in [5.74, 6) is 1.12. The van der Waals surface area contributed by atoms with E-state index in [4.69, 9.17) is 21.1 Å². The Bertz CT molecular complexity index is 1270. The Kier molecular flexibility index (Phi) is 9.01. The van der Waals surface area contributed by atoms with E-state index in [0.29, 0.717) is 22.3 Å². The van der Waals surface area contributed by atoms with Gasteiger partial charge in [0, 0.05) is 5.02 Å². The van der Waals surface area contributed by atoms with Crippen LogP contribution in [0, 0.1) is 14.1 Å². The number of halogens is 3. The molecule has 1 fully saturated rings. The third-order valence-electron chi connectivity index (χ3n) is 5.05. The molecule has 0 N–H and O–H groups in total.